The summed E-state index contributed by atoms with van der Waals surface area (Å²) < 4.78 is 102. The Hall–Kier alpha value is -4.51. The SMILES string of the molecule is O=C1c2c(C(F)(F)F)ccnc2OCC/C=C\C[C@H]2N1CCC[C@@]2(Oc1csc(C(F)(F)F)c1)C(=O)N1CCN(c2ccccc2OCCO)CC1. The zero-order chi connectivity index (χ0) is 37.1. The summed E-state index contributed by atoms with van der Waals surface area (Å²) in [6, 6.07) is 7.46. The van der Waals surface area contributed by atoms with Gasteiger partial charge in [0.2, 0.25) is 11.5 Å². The molecule has 6 rings (SSSR count). The smallest absolute Gasteiger partial charge is 0.425 e. The number of piperidine rings is 1. The fourth-order valence-corrected chi connectivity index (χ4v) is 7.59. The van der Waals surface area contributed by atoms with Gasteiger partial charge in [-0.05, 0) is 37.5 Å². The lowest BCUT2D eigenvalue weighted by atomic mass is 9.80. The molecule has 52 heavy (non-hydrogen) atoms. The van der Waals surface area contributed by atoms with Crippen LogP contribution in [-0.4, -0.2) is 95.9 Å². The highest BCUT2D eigenvalue weighted by atomic mass is 32.1. The number of hydrogen-bond donors (Lipinski definition) is 1. The standard InChI is InChI=1S/C35H36F6N4O6S/c36-34(37,38)24-10-12-42-30-29(24)31(47)45-13-6-11-33(27(45)9-2-1-5-19-50-30,51-23-21-28(52-22-23)35(39,40)41)32(48)44-16-14-43(15-17-44)25-7-3-4-8-26(25)49-20-18-46/h1-4,7-8,10,12,21-22,27,46H,5-6,9,11,13-20H2/b2-1-/t27-,33+/m1/s1. The van der Waals surface area contributed by atoms with Crippen molar-refractivity contribution in [1.29, 1.82) is 0 Å². The highest BCUT2D eigenvalue weighted by Crippen LogP contribution is 2.44. The summed E-state index contributed by atoms with van der Waals surface area (Å²) in [5, 5.41) is 10.4. The topological polar surface area (TPSA) is 105 Å². The van der Waals surface area contributed by atoms with Crippen LogP contribution in [0, 0.1) is 0 Å². The molecule has 2 saturated heterocycles. The van der Waals surface area contributed by atoms with E-state index in [4.69, 9.17) is 14.2 Å². The molecule has 2 fully saturated rings. The molecule has 3 aliphatic heterocycles. The van der Waals surface area contributed by atoms with E-state index in [0.717, 1.165) is 28.2 Å². The van der Waals surface area contributed by atoms with Crippen molar-refractivity contribution >= 4 is 28.8 Å². The molecule has 10 nitrogen and oxygen atoms in total. The minimum absolute atomic E-state index is 0.0219. The van der Waals surface area contributed by atoms with Gasteiger partial charge < -0.3 is 34.0 Å². The minimum Gasteiger partial charge on any atom is -0.489 e. The highest BCUT2D eigenvalue weighted by Gasteiger charge is 2.56. The summed E-state index contributed by atoms with van der Waals surface area (Å²) in [5.74, 6) is -1.89. The van der Waals surface area contributed by atoms with Crippen LogP contribution in [0.4, 0.5) is 32.0 Å². The average molecular weight is 755 g/mol. The second-order valence-electron chi connectivity index (χ2n) is 12.5. The predicted molar refractivity (Wildman–Crippen MR) is 178 cm³/mol. The Labute approximate surface area is 299 Å². The number of rotatable bonds is 7. The number of para-hydroxylation sites is 2. The van der Waals surface area contributed by atoms with E-state index in [1.54, 1.807) is 24.3 Å². The molecule has 280 valence electrons. The molecular weight excluding hydrogens is 718 g/mol. The highest BCUT2D eigenvalue weighted by molar-refractivity contribution is 7.10. The number of benzene rings is 1. The molecular formula is C35H36F6N4O6S. The minimum atomic E-state index is -4.95. The van der Waals surface area contributed by atoms with Gasteiger partial charge in [0, 0.05) is 56.8 Å². The number of hydrogen-bond acceptors (Lipinski definition) is 9. The van der Waals surface area contributed by atoms with Gasteiger partial charge in [-0.15, -0.1) is 11.3 Å². The first kappa shape index (κ1) is 37.3. The molecule has 0 radical (unpaired) electrons. The second-order valence-corrected chi connectivity index (χ2v) is 13.4. The molecule has 0 aliphatic carbocycles. The second kappa shape index (κ2) is 15.2. The lowest BCUT2D eigenvalue weighted by Gasteiger charge is -2.50. The lowest BCUT2D eigenvalue weighted by molar-refractivity contribution is -0.159. The number of aliphatic hydroxyl groups excluding tert-OH is 1. The van der Waals surface area contributed by atoms with Crippen LogP contribution >= 0.6 is 11.3 Å². The number of nitrogens with zero attached hydrogens (tertiary/aromatic N) is 4. The number of aliphatic hydroxyl groups is 1. The maximum Gasteiger partial charge on any atom is 0.425 e. The number of anilines is 1. The maximum atomic E-state index is 14.9. The monoisotopic (exact) mass is 754 g/mol. The molecule has 0 spiro atoms. The van der Waals surface area contributed by atoms with E-state index in [1.807, 2.05) is 17.0 Å². The number of aromatic nitrogens is 1. The van der Waals surface area contributed by atoms with Crippen molar-refractivity contribution in [2.24, 2.45) is 0 Å². The Kier molecular flexibility index (Phi) is 10.9. The van der Waals surface area contributed by atoms with Gasteiger partial charge in [-0.2, -0.15) is 26.3 Å². The zero-order valence-electron chi connectivity index (χ0n) is 27.8. The Morgan fingerprint density at radius 1 is 1.04 bits per heavy atom. The number of amides is 2. The molecule has 0 unspecified atom stereocenters. The largest absolute Gasteiger partial charge is 0.489 e. The third-order valence-corrected chi connectivity index (χ3v) is 10.2. The first-order valence-corrected chi connectivity index (χ1v) is 17.6. The molecule has 0 saturated carbocycles. The normalized spacial score (nSPS) is 22.1. The van der Waals surface area contributed by atoms with E-state index >= 15 is 0 Å². The molecule has 2 aromatic heterocycles. The molecule has 0 bridgehead atoms. The van der Waals surface area contributed by atoms with E-state index in [1.165, 1.54) is 4.90 Å². The van der Waals surface area contributed by atoms with Crippen molar-refractivity contribution in [2.45, 2.75) is 49.7 Å². The number of piperazine rings is 1. The zero-order valence-corrected chi connectivity index (χ0v) is 28.6. The van der Waals surface area contributed by atoms with Crippen LogP contribution in [-0.2, 0) is 17.1 Å². The predicted octanol–water partition coefficient (Wildman–Crippen LogP) is 6.05. The Balaban J connectivity index is 1.39. The maximum absolute atomic E-state index is 14.9. The molecule has 1 N–H and O–H groups in total. The summed E-state index contributed by atoms with van der Waals surface area (Å²) >= 11 is 0.384. The third kappa shape index (κ3) is 7.65. The van der Waals surface area contributed by atoms with Crippen LogP contribution in [0.1, 0.15) is 46.5 Å². The Bertz CT molecular complexity index is 1780. The molecule has 2 amide bonds. The molecule has 3 aliphatic rings. The van der Waals surface area contributed by atoms with E-state index in [-0.39, 0.29) is 70.9 Å². The number of pyridine rings is 1. The summed E-state index contributed by atoms with van der Waals surface area (Å²) in [6.07, 6.45) is -5.08. The van der Waals surface area contributed by atoms with Crippen molar-refractivity contribution in [1.82, 2.24) is 14.8 Å². The van der Waals surface area contributed by atoms with Gasteiger partial charge in [0.1, 0.15) is 28.5 Å². The van der Waals surface area contributed by atoms with Crippen molar-refractivity contribution in [3.8, 4) is 17.4 Å². The van der Waals surface area contributed by atoms with E-state index in [9.17, 15) is 41.0 Å². The van der Waals surface area contributed by atoms with Crippen LogP contribution in [0.25, 0.3) is 0 Å². The summed E-state index contributed by atoms with van der Waals surface area (Å²) in [6.45, 7) is 0.732. The van der Waals surface area contributed by atoms with Crippen LogP contribution < -0.4 is 19.1 Å². The lowest BCUT2D eigenvalue weighted by Crippen LogP contribution is -2.69. The van der Waals surface area contributed by atoms with Gasteiger partial charge in [0.25, 0.3) is 11.8 Å². The molecule has 2 atom stereocenters. The van der Waals surface area contributed by atoms with Crippen molar-refractivity contribution in [2.75, 3.05) is 57.4 Å². The molecule has 1 aromatic carbocycles. The molecule has 5 heterocycles. The van der Waals surface area contributed by atoms with Crippen LogP contribution in [0.15, 0.2) is 60.1 Å². The number of carbonyl (C=O) groups is 2. The van der Waals surface area contributed by atoms with E-state index in [0.29, 0.717) is 36.2 Å². The number of alkyl halides is 6. The van der Waals surface area contributed by atoms with Gasteiger partial charge >= 0.3 is 12.4 Å². The molecule has 3 aromatic rings. The Morgan fingerprint density at radius 2 is 1.81 bits per heavy atom. The van der Waals surface area contributed by atoms with Gasteiger partial charge in [0.15, 0.2) is 0 Å². The van der Waals surface area contributed by atoms with E-state index in [2.05, 4.69) is 4.98 Å². The fourth-order valence-electron chi connectivity index (χ4n) is 6.91. The fraction of sp³-hybridized carbons (Fsp3) is 0.457. The van der Waals surface area contributed by atoms with Crippen molar-refractivity contribution in [3.05, 3.63) is 76.1 Å². The van der Waals surface area contributed by atoms with Gasteiger partial charge in [-0.25, -0.2) is 4.98 Å². The van der Waals surface area contributed by atoms with Gasteiger partial charge in [-0.3, -0.25) is 9.59 Å². The van der Waals surface area contributed by atoms with Crippen LogP contribution in [0.3, 0.4) is 0 Å². The van der Waals surface area contributed by atoms with Crippen molar-refractivity contribution in [3.63, 3.8) is 0 Å². The number of fused-ring (bicyclic) bond motifs is 2. The third-order valence-electron chi connectivity index (χ3n) is 9.25. The first-order valence-electron chi connectivity index (χ1n) is 16.7. The van der Waals surface area contributed by atoms with Gasteiger partial charge in [-0.1, -0.05) is 24.3 Å². The van der Waals surface area contributed by atoms with Crippen LogP contribution in [0.5, 0.6) is 17.4 Å². The number of ether oxygens (including phenoxy) is 3. The van der Waals surface area contributed by atoms with Crippen LogP contribution in [0.2, 0.25) is 0 Å². The summed E-state index contributed by atoms with van der Waals surface area (Å²) in [4.78, 5) is 36.9. The molecule has 17 heteroatoms. The summed E-state index contributed by atoms with van der Waals surface area (Å²) in [5.41, 5.74) is -3.30. The average Bonchev–Trinajstić information content (AvgIpc) is 3.60. The quantitative estimate of drug-likeness (QED) is 0.230. The summed E-state index contributed by atoms with van der Waals surface area (Å²) in [7, 11) is 0. The Morgan fingerprint density at radius 3 is 2.52 bits per heavy atom. The van der Waals surface area contributed by atoms with E-state index < -0.39 is 57.7 Å². The number of thiophene rings is 1. The first-order chi connectivity index (χ1) is 24.8. The van der Waals surface area contributed by atoms with Crippen molar-refractivity contribution < 1.29 is 55.2 Å². The van der Waals surface area contributed by atoms with Gasteiger partial charge in [0.05, 0.1) is 30.5 Å². The number of halogens is 6. The number of carbonyl (C=O) groups excluding carboxylic acids is 2.